The summed E-state index contributed by atoms with van der Waals surface area (Å²) in [5, 5.41) is 3.43. The Balaban J connectivity index is 1.20. The summed E-state index contributed by atoms with van der Waals surface area (Å²) in [6, 6.07) is 72.8. The summed E-state index contributed by atoms with van der Waals surface area (Å²) < 4.78 is 0. The summed E-state index contributed by atoms with van der Waals surface area (Å²) in [6.45, 7) is 0. The maximum absolute atomic E-state index is 5.53. The van der Waals surface area contributed by atoms with Crippen LogP contribution < -0.4 is 0 Å². The van der Waals surface area contributed by atoms with Gasteiger partial charge >= 0.3 is 0 Å². The zero-order valence-corrected chi connectivity index (χ0v) is 30.9. The highest BCUT2D eigenvalue weighted by Gasteiger charge is 2.47. The van der Waals surface area contributed by atoms with Gasteiger partial charge in [-0.25, -0.2) is 19.9 Å². The van der Waals surface area contributed by atoms with Crippen molar-refractivity contribution in [2.75, 3.05) is 0 Å². The monoisotopic (exact) mass is 726 g/mol. The van der Waals surface area contributed by atoms with Crippen LogP contribution in [0.1, 0.15) is 22.3 Å². The third-order valence-electron chi connectivity index (χ3n) is 11.4. The number of para-hydroxylation sites is 1. The molecule has 8 aromatic carbocycles. The Bertz CT molecular complexity index is 3010. The lowest BCUT2D eigenvalue weighted by molar-refractivity contribution is 0.769. The largest absolute Gasteiger partial charge is 0.247 e. The molecule has 0 atom stereocenters. The highest BCUT2D eigenvalue weighted by Crippen LogP contribution is 2.59. The van der Waals surface area contributed by atoms with Gasteiger partial charge in [-0.1, -0.05) is 194 Å². The topological polar surface area (TPSA) is 51.6 Å². The molecule has 0 N–H and O–H groups in total. The summed E-state index contributed by atoms with van der Waals surface area (Å²) in [5.41, 5.74) is 12.5. The molecule has 0 unspecified atom stereocenters. The van der Waals surface area contributed by atoms with Gasteiger partial charge in [0, 0.05) is 33.0 Å². The Morgan fingerprint density at radius 3 is 1.49 bits per heavy atom. The van der Waals surface area contributed by atoms with E-state index in [2.05, 4.69) is 146 Å². The van der Waals surface area contributed by atoms with E-state index in [1.807, 2.05) is 60.7 Å². The third-order valence-corrected chi connectivity index (χ3v) is 11.4. The molecule has 2 aromatic heterocycles. The highest BCUT2D eigenvalue weighted by atomic mass is 15.0. The van der Waals surface area contributed by atoms with Gasteiger partial charge in [-0.3, -0.25) is 0 Å². The molecule has 266 valence electrons. The Morgan fingerprint density at radius 1 is 0.333 bits per heavy atom. The molecular formula is C53H34N4. The van der Waals surface area contributed by atoms with Crippen LogP contribution in [0.2, 0.25) is 0 Å². The number of hydrogen-bond acceptors (Lipinski definition) is 4. The van der Waals surface area contributed by atoms with Gasteiger partial charge in [-0.2, -0.15) is 0 Å². The van der Waals surface area contributed by atoms with Crippen molar-refractivity contribution in [2.45, 2.75) is 5.41 Å². The summed E-state index contributed by atoms with van der Waals surface area (Å²) in [6.07, 6.45) is 0. The van der Waals surface area contributed by atoms with Gasteiger partial charge in [0.15, 0.2) is 17.5 Å². The molecule has 10 aromatic rings. The average molecular weight is 727 g/mol. The summed E-state index contributed by atoms with van der Waals surface area (Å²) in [4.78, 5) is 20.6. The minimum Gasteiger partial charge on any atom is -0.247 e. The fraction of sp³-hybridized carbons (Fsp3) is 0.0189. The Kier molecular flexibility index (Phi) is 7.68. The van der Waals surface area contributed by atoms with Crippen molar-refractivity contribution in [1.29, 1.82) is 0 Å². The second-order valence-corrected chi connectivity index (χ2v) is 14.5. The van der Waals surface area contributed by atoms with E-state index in [-0.39, 0.29) is 0 Å². The van der Waals surface area contributed by atoms with E-state index in [0.717, 1.165) is 44.2 Å². The summed E-state index contributed by atoms with van der Waals surface area (Å²) in [7, 11) is 0. The van der Waals surface area contributed by atoms with Gasteiger partial charge in [0.25, 0.3) is 0 Å². The van der Waals surface area contributed by atoms with Gasteiger partial charge in [0.2, 0.25) is 0 Å². The van der Waals surface area contributed by atoms with Crippen LogP contribution in [0.4, 0.5) is 0 Å². The number of pyridine rings is 1. The molecule has 0 radical (unpaired) electrons. The lowest BCUT2D eigenvalue weighted by Crippen LogP contribution is -2.28. The fourth-order valence-corrected chi connectivity index (χ4v) is 8.93. The molecule has 0 bridgehead atoms. The zero-order chi connectivity index (χ0) is 37.8. The zero-order valence-electron chi connectivity index (χ0n) is 30.9. The molecule has 0 fully saturated rings. The van der Waals surface area contributed by atoms with Gasteiger partial charge in [0.1, 0.15) is 0 Å². The maximum Gasteiger partial charge on any atom is 0.164 e. The van der Waals surface area contributed by atoms with Crippen molar-refractivity contribution in [3.05, 3.63) is 229 Å². The van der Waals surface area contributed by atoms with E-state index in [4.69, 9.17) is 19.9 Å². The lowest BCUT2D eigenvalue weighted by atomic mass is 9.67. The molecule has 0 saturated carbocycles. The van der Waals surface area contributed by atoms with Gasteiger partial charge in [-0.15, -0.1) is 0 Å². The molecule has 0 spiro atoms. The van der Waals surface area contributed by atoms with Crippen LogP contribution in [-0.2, 0) is 5.41 Å². The van der Waals surface area contributed by atoms with Gasteiger partial charge in [-0.05, 0) is 50.9 Å². The van der Waals surface area contributed by atoms with Crippen LogP contribution in [0.5, 0.6) is 0 Å². The van der Waals surface area contributed by atoms with Gasteiger partial charge in [0.05, 0.1) is 16.6 Å². The second kappa shape index (κ2) is 13.3. The van der Waals surface area contributed by atoms with Crippen LogP contribution in [-0.4, -0.2) is 19.9 Å². The number of rotatable bonds is 6. The number of fused-ring (bicyclic) bond motifs is 7. The smallest absolute Gasteiger partial charge is 0.164 e. The minimum atomic E-state index is -0.528. The van der Waals surface area contributed by atoms with E-state index in [1.54, 1.807) is 0 Å². The second-order valence-electron chi connectivity index (χ2n) is 14.5. The number of hydrogen-bond donors (Lipinski definition) is 0. The number of nitrogens with zero attached hydrogens (tertiary/aromatic N) is 4. The Hall–Kier alpha value is -7.56. The van der Waals surface area contributed by atoms with Crippen molar-refractivity contribution in [3.8, 4) is 56.5 Å². The van der Waals surface area contributed by atoms with Crippen LogP contribution in [0.3, 0.4) is 0 Å². The molecule has 4 heteroatoms. The normalized spacial score (nSPS) is 12.7. The van der Waals surface area contributed by atoms with Crippen molar-refractivity contribution < 1.29 is 0 Å². The number of benzene rings is 8. The molecule has 0 aliphatic heterocycles. The SMILES string of the molecule is c1ccc(-c2nc(-c3ccccc3)nc(-c3cccc(-c4nc5ccccc5c5ccc6c(c45)-c4ccccc4C6(c4ccccc4)c4ccccc4)c3)n2)cc1. The summed E-state index contributed by atoms with van der Waals surface area (Å²) in [5.74, 6) is 1.87. The first-order valence-electron chi connectivity index (χ1n) is 19.3. The van der Waals surface area contributed by atoms with Crippen LogP contribution in [0, 0.1) is 0 Å². The molecule has 4 nitrogen and oxygen atoms in total. The molecule has 2 heterocycles. The number of aromatic nitrogens is 4. The minimum absolute atomic E-state index is 0.528. The van der Waals surface area contributed by atoms with Gasteiger partial charge < -0.3 is 0 Å². The van der Waals surface area contributed by atoms with E-state index in [0.29, 0.717) is 17.5 Å². The molecular weight excluding hydrogens is 693 g/mol. The predicted molar refractivity (Wildman–Crippen MR) is 232 cm³/mol. The molecule has 0 saturated heterocycles. The standard InChI is InChI=1S/C53H34N4/c1-5-18-35(19-6-1)50-55-51(36-20-7-2-8-21-36)57-52(56-50)38-23-17-22-37(34-38)49-48-42(41-28-14-16-31-46(41)54-49)32-33-45-47(48)43-29-13-15-30-44(43)53(45,39-24-9-3-10-25-39)40-26-11-4-12-27-40/h1-34H. The average Bonchev–Trinajstić information content (AvgIpc) is 3.61. The van der Waals surface area contributed by atoms with E-state index in [9.17, 15) is 0 Å². The van der Waals surface area contributed by atoms with E-state index >= 15 is 0 Å². The van der Waals surface area contributed by atoms with Crippen molar-refractivity contribution in [3.63, 3.8) is 0 Å². The molecule has 57 heavy (non-hydrogen) atoms. The van der Waals surface area contributed by atoms with E-state index in [1.165, 1.54) is 38.8 Å². The first-order valence-corrected chi connectivity index (χ1v) is 19.3. The van der Waals surface area contributed by atoms with Crippen molar-refractivity contribution >= 4 is 21.7 Å². The first-order chi connectivity index (χ1) is 28.3. The predicted octanol–water partition coefficient (Wildman–Crippen LogP) is 12.6. The first kappa shape index (κ1) is 32.8. The summed E-state index contributed by atoms with van der Waals surface area (Å²) >= 11 is 0. The lowest BCUT2D eigenvalue weighted by Gasteiger charge is -2.34. The van der Waals surface area contributed by atoms with Crippen LogP contribution >= 0.6 is 0 Å². The molecule has 11 rings (SSSR count). The molecule has 0 amide bonds. The third kappa shape index (κ3) is 5.22. The molecule has 1 aliphatic carbocycles. The highest BCUT2D eigenvalue weighted by molar-refractivity contribution is 6.18. The Labute approximate surface area is 330 Å². The Morgan fingerprint density at radius 2 is 0.842 bits per heavy atom. The molecule has 1 aliphatic rings. The van der Waals surface area contributed by atoms with Crippen LogP contribution in [0.15, 0.2) is 206 Å². The van der Waals surface area contributed by atoms with Crippen molar-refractivity contribution in [2.24, 2.45) is 0 Å². The van der Waals surface area contributed by atoms with Crippen LogP contribution in [0.25, 0.3) is 78.2 Å². The van der Waals surface area contributed by atoms with Crippen molar-refractivity contribution in [1.82, 2.24) is 19.9 Å². The quantitative estimate of drug-likeness (QED) is 0.160. The fourth-order valence-electron chi connectivity index (χ4n) is 8.93. The van der Waals surface area contributed by atoms with E-state index < -0.39 is 5.41 Å². The maximum atomic E-state index is 5.53.